The van der Waals surface area contributed by atoms with Gasteiger partial charge in [0.15, 0.2) is 5.13 Å². The van der Waals surface area contributed by atoms with Crippen molar-refractivity contribution in [2.45, 2.75) is 52.2 Å². The number of hydrogen-bond acceptors (Lipinski definition) is 7. The third kappa shape index (κ3) is 5.70. The van der Waals surface area contributed by atoms with Gasteiger partial charge in [-0.25, -0.2) is 4.98 Å². The summed E-state index contributed by atoms with van der Waals surface area (Å²) in [5.74, 6) is 0.201. The van der Waals surface area contributed by atoms with Crippen LogP contribution in [0.4, 0.5) is 5.13 Å². The molecule has 0 unspecified atom stereocenters. The number of thiazole rings is 1. The van der Waals surface area contributed by atoms with Crippen LogP contribution in [0, 0.1) is 31.6 Å². The third-order valence-corrected chi connectivity index (χ3v) is 9.85. The van der Waals surface area contributed by atoms with Gasteiger partial charge in [-0.05, 0) is 86.8 Å². The van der Waals surface area contributed by atoms with Crippen LogP contribution >= 0.6 is 11.3 Å². The van der Waals surface area contributed by atoms with Crippen molar-refractivity contribution in [3.8, 4) is 17.0 Å². The van der Waals surface area contributed by atoms with E-state index in [2.05, 4.69) is 23.3 Å². The van der Waals surface area contributed by atoms with Crippen LogP contribution in [0.3, 0.4) is 0 Å². The number of aryl methyl sites for hydroxylation is 2. The molecule has 9 heteroatoms. The second-order valence-electron chi connectivity index (χ2n) is 11.9. The zero-order valence-corrected chi connectivity index (χ0v) is 24.4. The standard InChI is InChI=1S/C32H37N3O5S/c1-19-5-10-28(40-17-24-9-6-21(13-20(24)2)30(37)34-11-3-4-25(36)16-34)26(12-19)27-18-41-32(33-27)35-14-22-7-8-23(15-35)29(22)31(38)39/h5-6,9-10,12-13,18,22-23,25,29,36H,3-4,7-8,11,14-17H2,1-2H3,(H,38,39)/t22-,23+,25-,29+/m1/s1. The number of piperidine rings is 2. The molecule has 1 aromatic heterocycles. The van der Waals surface area contributed by atoms with Crippen molar-refractivity contribution < 1.29 is 24.5 Å². The topological polar surface area (TPSA) is 103 Å². The van der Waals surface area contributed by atoms with Crippen LogP contribution in [0.5, 0.6) is 5.75 Å². The smallest absolute Gasteiger partial charge is 0.307 e. The second kappa shape index (κ2) is 11.4. The van der Waals surface area contributed by atoms with Crippen molar-refractivity contribution in [1.82, 2.24) is 9.88 Å². The molecule has 1 saturated carbocycles. The highest BCUT2D eigenvalue weighted by Crippen LogP contribution is 2.44. The van der Waals surface area contributed by atoms with E-state index in [9.17, 15) is 19.8 Å². The van der Waals surface area contributed by atoms with E-state index in [1.807, 2.05) is 37.3 Å². The number of amides is 1. The highest BCUT2D eigenvalue weighted by Gasteiger charge is 2.46. The molecule has 3 fully saturated rings. The molecular formula is C32H37N3O5S. The van der Waals surface area contributed by atoms with Crippen molar-refractivity contribution in [3.63, 3.8) is 0 Å². The van der Waals surface area contributed by atoms with Crippen LogP contribution in [0.2, 0.25) is 0 Å². The molecule has 1 amide bonds. The predicted molar refractivity (Wildman–Crippen MR) is 158 cm³/mol. The number of carbonyl (C=O) groups is 2. The zero-order chi connectivity index (χ0) is 28.7. The molecule has 0 radical (unpaired) electrons. The molecule has 2 N–H and O–H groups in total. The maximum Gasteiger partial charge on any atom is 0.307 e. The van der Waals surface area contributed by atoms with Gasteiger partial charge in [-0.15, -0.1) is 11.3 Å². The van der Waals surface area contributed by atoms with Gasteiger partial charge in [-0.2, -0.15) is 0 Å². The fourth-order valence-corrected chi connectivity index (χ4v) is 7.60. The monoisotopic (exact) mass is 575 g/mol. The Morgan fingerprint density at radius 3 is 2.54 bits per heavy atom. The number of rotatable bonds is 7. The molecule has 3 aromatic rings. The molecule has 2 aliphatic heterocycles. The summed E-state index contributed by atoms with van der Waals surface area (Å²) in [6, 6.07) is 11.8. The molecule has 216 valence electrons. The van der Waals surface area contributed by atoms with E-state index in [1.54, 1.807) is 16.2 Å². The number of benzene rings is 2. The van der Waals surface area contributed by atoms with Crippen LogP contribution < -0.4 is 9.64 Å². The number of aromatic nitrogens is 1. The van der Waals surface area contributed by atoms with Gasteiger partial charge in [-0.1, -0.05) is 17.7 Å². The average Bonchev–Trinajstić information content (AvgIpc) is 3.55. The minimum atomic E-state index is -0.656. The van der Waals surface area contributed by atoms with Crippen LogP contribution in [-0.4, -0.2) is 64.3 Å². The van der Waals surface area contributed by atoms with Gasteiger partial charge in [0.1, 0.15) is 12.4 Å². The number of carboxylic acids is 1. The van der Waals surface area contributed by atoms with E-state index in [4.69, 9.17) is 9.72 Å². The largest absolute Gasteiger partial charge is 0.488 e. The number of anilines is 1. The van der Waals surface area contributed by atoms with Crippen molar-refractivity contribution >= 4 is 28.3 Å². The van der Waals surface area contributed by atoms with Crippen molar-refractivity contribution in [2.75, 3.05) is 31.1 Å². The quantitative estimate of drug-likeness (QED) is 0.402. The minimum Gasteiger partial charge on any atom is -0.488 e. The minimum absolute atomic E-state index is 0.0420. The number of nitrogens with zero attached hydrogens (tertiary/aromatic N) is 3. The Balaban J connectivity index is 1.16. The molecule has 41 heavy (non-hydrogen) atoms. The molecule has 1 aliphatic carbocycles. The van der Waals surface area contributed by atoms with Crippen molar-refractivity contribution in [3.05, 3.63) is 64.0 Å². The first kappa shape index (κ1) is 27.7. The summed E-state index contributed by atoms with van der Waals surface area (Å²) in [7, 11) is 0. The average molecular weight is 576 g/mol. The fraction of sp³-hybridized carbons (Fsp3) is 0.469. The molecule has 4 atom stereocenters. The number of carboxylic acid groups (broad SMARTS) is 1. The molecule has 8 nitrogen and oxygen atoms in total. The number of aliphatic hydroxyl groups is 1. The van der Waals surface area contributed by atoms with Crippen LogP contribution in [0.25, 0.3) is 11.3 Å². The fourth-order valence-electron chi connectivity index (χ4n) is 6.75. The van der Waals surface area contributed by atoms with Gasteiger partial charge in [0, 0.05) is 42.7 Å². The Labute approximate surface area is 244 Å². The van der Waals surface area contributed by atoms with E-state index in [-0.39, 0.29) is 23.7 Å². The number of hydrogen-bond donors (Lipinski definition) is 2. The Hall–Kier alpha value is -3.43. The second-order valence-corrected chi connectivity index (χ2v) is 12.7. The van der Waals surface area contributed by atoms with Gasteiger partial charge >= 0.3 is 5.97 Å². The molecule has 2 saturated heterocycles. The summed E-state index contributed by atoms with van der Waals surface area (Å²) in [6.07, 6.45) is 3.07. The molecular weight excluding hydrogens is 538 g/mol. The number of carbonyl (C=O) groups excluding carboxylic acids is 1. The summed E-state index contributed by atoms with van der Waals surface area (Å²) >= 11 is 1.60. The van der Waals surface area contributed by atoms with Crippen LogP contribution in [0.1, 0.15) is 52.7 Å². The number of fused-ring (bicyclic) bond motifs is 2. The summed E-state index contributed by atoms with van der Waals surface area (Å²) in [4.78, 5) is 33.7. The highest BCUT2D eigenvalue weighted by molar-refractivity contribution is 7.14. The Bertz CT molecular complexity index is 1440. The van der Waals surface area contributed by atoms with Crippen molar-refractivity contribution in [1.29, 1.82) is 0 Å². The number of β-amino-alcohol motifs (C(OH)–C–C–N with tert-alkyl or cyclic N) is 1. The number of aliphatic hydroxyl groups excluding tert-OH is 1. The van der Waals surface area contributed by atoms with E-state index in [0.717, 1.165) is 77.6 Å². The van der Waals surface area contributed by atoms with Crippen LogP contribution in [-0.2, 0) is 11.4 Å². The Kier molecular flexibility index (Phi) is 7.74. The molecule has 6 rings (SSSR count). The predicted octanol–water partition coefficient (Wildman–Crippen LogP) is 5.15. The maximum absolute atomic E-state index is 13.0. The summed E-state index contributed by atoms with van der Waals surface area (Å²) < 4.78 is 6.34. The maximum atomic E-state index is 13.0. The van der Waals surface area contributed by atoms with Gasteiger partial charge < -0.3 is 24.7 Å². The Morgan fingerprint density at radius 1 is 1.05 bits per heavy atom. The summed E-state index contributed by atoms with van der Waals surface area (Å²) in [5.41, 5.74) is 5.53. The third-order valence-electron chi connectivity index (χ3n) is 8.95. The van der Waals surface area contributed by atoms with Crippen molar-refractivity contribution in [2.24, 2.45) is 17.8 Å². The number of aliphatic carboxylic acids is 1. The van der Waals surface area contributed by atoms with Gasteiger partial charge in [0.05, 0.1) is 17.7 Å². The normalized spacial score (nSPS) is 24.0. The molecule has 3 heterocycles. The Morgan fingerprint density at radius 2 is 1.83 bits per heavy atom. The molecule has 2 bridgehead atoms. The SMILES string of the molecule is Cc1ccc(OCc2ccc(C(=O)N3CCC[C@@H](O)C3)cc2C)c(-c2csc(N3C[C@H]4CC[C@@H](C3)[C@H]4C(=O)O)n2)c1. The molecule has 3 aliphatic rings. The lowest BCUT2D eigenvalue weighted by Crippen LogP contribution is -2.44. The van der Waals surface area contributed by atoms with E-state index in [0.29, 0.717) is 25.3 Å². The molecule has 0 spiro atoms. The first-order valence-corrected chi connectivity index (χ1v) is 15.4. The first-order chi connectivity index (χ1) is 19.8. The number of ether oxygens (including phenoxy) is 1. The zero-order valence-electron chi connectivity index (χ0n) is 23.6. The van der Waals surface area contributed by atoms with E-state index in [1.165, 1.54) is 0 Å². The lowest BCUT2D eigenvalue weighted by Gasteiger charge is -2.35. The summed E-state index contributed by atoms with van der Waals surface area (Å²) in [5, 5.41) is 22.6. The van der Waals surface area contributed by atoms with Gasteiger partial charge in [-0.3, -0.25) is 9.59 Å². The highest BCUT2D eigenvalue weighted by atomic mass is 32.1. The first-order valence-electron chi connectivity index (χ1n) is 14.5. The number of likely N-dealkylation sites (tertiary alicyclic amines) is 1. The summed E-state index contributed by atoms with van der Waals surface area (Å²) in [6.45, 7) is 6.96. The lowest BCUT2D eigenvalue weighted by molar-refractivity contribution is -0.144. The molecule has 2 aromatic carbocycles. The van der Waals surface area contributed by atoms with E-state index < -0.39 is 12.1 Å². The lowest BCUT2D eigenvalue weighted by atomic mass is 9.85. The van der Waals surface area contributed by atoms with Gasteiger partial charge in [0.2, 0.25) is 0 Å². The van der Waals surface area contributed by atoms with E-state index >= 15 is 0 Å². The van der Waals surface area contributed by atoms with Gasteiger partial charge in [0.25, 0.3) is 5.91 Å². The van der Waals surface area contributed by atoms with Crippen LogP contribution in [0.15, 0.2) is 41.8 Å².